The van der Waals surface area contributed by atoms with E-state index in [0.717, 1.165) is 31.4 Å². The van der Waals surface area contributed by atoms with E-state index in [2.05, 4.69) is 22.8 Å². The Morgan fingerprint density at radius 2 is 1.62 bits per heavy atom. The van der Waals surface area contributed by atoms with Gasteiger partial charge in [0, 0.05) is 17.6 Å². The van der Waals surface area contributed by atoms with E-state index in [9.17, 15) is 9.59 Å². The Balaban J connectivity index is 1.64. The van der Waals surface area contributed by atoms with Crippen molar-refractivity contribution in [3.8, 4) is 5.75 Å². The summed E-state index contributed by atoms with van der Waals surface area (Å²) in [6.45, 7) is 0.459. The van der Waals surface area contributed by atoms with E-state index in [4.69, 9.17) is 4.74 Å². The van der Waals surface area contributed by atoms with Gasteiger partial charge < -0.3 is 15.4 Å². The number of amides is 2. The van der Waals surface area contributed by atoms with Crippen LogP contribution in [0, 0.1) is 0 Å². The molecule has 0 unspecified atom stereocenters. The van der Waals surface area contributed by atoms with Gasteiger partial charge in [-0.3, -0.25) is 9.59 Å². The molecule has 1 aliphatic rings. The third kappa shape index (κ3) is 4.04. The van der Waals surface area contributed by atoms with Crippen molar-refractivity contribution in [2.45, 2.75) is 31.1 Å². The zero-order chi connectivity index (χ0) is 18.4. The van der Waals surface area contributed by atoms with Crippen molar-refractivity contribution >= 4 is 17.5 Å². The normalized spacial score (nSPS) is 15.3. The molecule has 0 radical (unpaired) electrons. The summed E-state index contributed by atoms with van der Waals surface area (Å²) in [7, 11) is 1.64. The number of carbonyl (C=O) groups is 2. The first-order valence-corrected chi connectivity index (χ1v) is 8.92. The van der Waals surface area contributed by atoms with Crippen LogP contribution in [0.1, 0.15) is 31.2 Å². The Kier molecular flexibility index (Phi) is 5.56. The molecule has 2 aromatic rings. The lowest BCUT2D eigenvalue weighted by molar-refractivity contribution is -0.136. The summed E-state index contributed by atoms with van der Waals surface area (Å²) in [6, 6.07) is 17.0. The summed E-state index contributed by atoms with van der Waals surface area (Å²) in [6.07, 6.45) is 4.25. The first-order chi connectivity index (χ1) is 12.6. The maximum Gasteiger partial charge on any atom is 0.313 e. The quantitative estimate of drug-likeness (QED) is 0.812. The third-order valence-corrected chi connectivity index (χ3v) is 5.09. The summed E-state index contributed by atoms with van der Waals surface area (Å²) in [5, 5.41) is 5.45. The van der Waals surface area contributed by atoms with Crippen LogP contribution in [0.4, 0.5) is 5.69 Å². The largest absolute Gasteiger partial charge is 0.497 e. The maximum absolute atomic E-state index is 12.2. The minimum Gasteiger partial charge on any atom is -0.497 e. The lowest BCUT2D eigenvalue weighted by Gasteiger charge is -2.30. The standard InChI is InChI=1S/C21H24N2O3/c1-26-18-11-9-16(10-12-18)21(13-5-6-14-21)15-22-19(24)20(25)23-17-7-3-2-4-8-17/h2-4,7-12H,5-6,13-15H2,1H3,(H,22,24)(H,23,25). The van der Waals surface area contributed by atoms with Gasteiger partial charge in [-0.1, -0.05) is 43.2 Å². The zero-order valence-corrected chi connectivity index (χ0v) is 15.0. The van der Waals surface area contributed by atoms with Crippen LogP contribution in [0.3, 0.4) is 0 Å². The Bertz CT molecular complexity index is 751. The maximum atomic E-state index is 12.2. The molecule has 2 amide bonds. The first kappa shape index (κ1) is 18.0. The lowest BCUT2D eigenvalue weighted by Crippen LogP contribution is -2.43. The third-order valence-electron chi connectivity index (χ3n) is 5.09. The number of rotatable bonds is 5. The van der Waals surface area contributed by atoms with Gasteiger partial charge >= 0.3 is 11.8 Å². The molecule has 1 aliphatic carbocycles. The van der Waals surface area contributed by atoms with E-state index in [1.807, 2.05) is 30.3 Å². The number of benzene rings is 2. The van der Waals surface area contributed by atoms with E-state index >= 15 is 0 Å². The van der Waals surface area contributed by atoms with Crippen molar-refractivity contribution in [2.24, 2.45) is 0 Å². The summed E-state index contributed by atoms with van der Waals surface area (Å²) >= 11 is 0. The molecule has 26 heavy (non-hydrogen) atoms. The molecule has 5 heteroatoms. The molecule has 136 valence electrons. The SMILES string of the molecule is COc1ccc(C2(CNC(=O)C(=O)Nc3ccccc3)CCCC2)cc1. The minimum absolute atomic E-state index is 0.116. The van der Waals surface area contributed by atoms with E-state index in [1.165, 1.54) is 5.56 Å². The second-order valence-electron chi connectivity index (χ2n) is 6.72. The minimum atomic E-state index is -0.640. The topological polar surface area (TPSA) is 67.4 Å². The van der Waals surface area contributed by atoms with Gasteiger partial charge in [0.2, 0.25) is 0 Å². The fraction of sp³-hybridized carbons (Fsp3) is 0.333. The van der Waals surface area contributed by atoms with Crippen molar-refractivity contribution in [3.05, 3.63) is 60.2 Å². The predicted molar refractivity (Wildman–Crippen MR) is 101 cm³/mol. The smallest absolute Gasteiger partial charge is 0.313 e. The molecule has 5 nitrogen and oxygen atoms in total. The number of nitrogens with one attached hydrogen (secondary N) is 2. The molecule has 0 atom stereocenters. The van der Waals surface area contributed by atoms with Crippen molar-refractivity contribution < 1.29 is 14.3 Å². The first-order valence-electron chi connectivity index (χ1n) is 8.92. The molecule has 2 N–H and O–H groups in total. The Morgan fingerprint density at radius 3 is 2.23 bits per heavy atom. The number of hydrogen-bond acceptors (Lipinski definition) is 3. The highest BCUT2D eigenvalue weighted by molar-refractivity contribution is 6.39. The molecule has 0 saturated heterocycles. The van der Waals surface area contributed by atoms with Crippen LogP contribution in [-0.2, 0) is 15.0 Å². The van der Waals surface area contributed by atoms with E-state index in [1.54, 1.807) is 19.2 Å². The highest BCUT2D eigenvalue weighted by atomic mass is 16.5. The van der Waals surface area contributed by atoms with Crippen LogP contribution < -0.4 is 15.4 Å². The van der Waals surface area contributed by atoms with Crippen LogP contribution >= 0.6 is 0 Å². The average molecular weight is 352 g/mol. The van der Waals surface area contributed by atoms with Gasteiger partial charge in [0.1, 0.15) is 5.75 Å². The predicted octanol–water partition coefficient (Wildman–Crippen LogP) is 3.26. The number of ether oxygens (including phenoxy) is 1. The van der Waals surface area contributed by atoms with Crippen molar-refractivity contribution in [2.75, 3.05) is 19.0 Å². The number of anilines is 1. The Morgan fingerprint density at radius 1 is 0.962 bits per heavy atom. The second-order valence-corrected chi connectivity index (χ2v) is 6.72. The fourth-order valence-corrected chi connectivity index (χ4v) is 3.60. The molecule has 2 aromatic carbocycles. The van der Waals surface area contributed by atoms with Gasteiger partial charge in [0.15, 0.2) is 0 Å². The van der Waals surface area contributed by atoms with Crippen LogP contribution in [0.15, 0.2) is 54.6 Å². The molecule has 3 rings (SSSR count). The fourth-order valence-electron chi connectivity index (χ4n) is 3.60. The monoisotopic (exact) mass is 352 g/mol. The molecule has 1 fully saturated rings. The Hall–Kier alpha value is -2.82. The molecule has 1 saturated carbocycles. The number of methoxy groups -OCH3 is 1. The molecule has 0 bridgehead atoms. The number of para-hydroxylation sites is 1. The molecule has 0 spiro atoms. The van der Waals surface area contributed by atoms with Crippen LogP contribution in [0.2, 0.25) is 0 Å². The van der Waals surface area contributed by atoms with Gasteiger partial charge in [0.25, 0.3) is 0 Å². The Labute approximate surface area is 153 Å². The zero-order valence-electron chi connectivity index (χ0n) is 15.0. The van der Waals surface area contributed by atoms with E-state index < -0.39 is 11.8 Å². The summed E-state index contributed by atoms with van der Waals surface area (Å²) in [4.78, 5) is 24.3. The summed E-state index contributed by atoms with van der Waals surface area (Å²) in [5.74, 6) is -0.430. The molecule has 0 heterocycles. The van der Waals surface area contributed by atoms with Gasteiger partial charge in [0.05, 0.1) is 7.11 Å². The van der Waals surface area contributed by atoms with Gasteiger partial charge in [-0.25, -0.2) is 0 Å². The molecular formula is C21H24N2O3. The van der Waals surface area contributed by atoms with Crippen LogP contribution in [0.5, 0.6) is 5.75 Å². The molecule has 0 aliphatic heterocycles. The van der Waals surface area contributed by atoms with Gasteiger partial charge in [-0.2, -0.15) is 0 Å². The van der Waals surface area contributed by atoms with Crippen molar-refractivity contribution in [1.29, 1.82) is 0 Å². The second kappa shape index (κ2) is 8.04. The van der Waals surface area contributed by atoms with Crippen LogP contribution in [-0.4, -0.2) is 25.5 Å². The molecular weight excluding hydrogens is 328 g/mol. The highest BCUT2D eigenvalue weighted by Crippen LogP contribution is 2.41. The van der Waals surface area contributed by atoms with Crippen molar-refractivity contribution in [1.82, 2.24) is 5.32 Å². The van der Waals surface area contributed by atoms with Gasteiger partial charge in [-0.15, -0.1) is 0 Å². The lowest BCUT2D eigenvalue weighted by atomic mass is 9.78. The number of carbonyl (C=O) groups excluding carboxylic acids is 2. The van der Waals surface area contributed by atoms with Crippen LogP contribution in [0.25, 0.3) is 0 Å². The van der Waals surface area contributed by atoms with Crippen molar-refractivity contribution in [3.63, 3.8) is 0 Å². The summed E-state index contributed by atoms with van der Waals surface area (Å²) in [5.41, 5.74) is 1.67. The summed E-state index contributed by atoms with van der Waals surface area (Å²) < 4.78 is 5.23. The van der Waals surface area contributed by atoms with E-state index in [0.29, 0.717) is 12.2 Å². The average Bonchev–Trinajstić information content (AvgIpc) is 3.17. The van der Waals surface area contributed by atoms with E-state index in [-0.39, 0.29) is 5.41 Å². The van der Waals surface area contributed by atoms with Gasteiger partial charge in [-0.05, 0) is 42.7 Å². The molecule has 0 aromatic heterocycles. The number of hydrogen-bond donors (Lipinski definition) is 2. The highest BCUT2D eigenvalue weighted by Gasteiger charge is 2.36.